The predicted molar refractivity (Wildman–Crippen MR) is 48.4 cm³/mol. The summed E-state index contributed by atoms with van der Waals surface area (Å²) in [6.45, 7) is 6.23. The number of nitrogens with zero attached hydrogens (tertiary/aromatic N) is 2. The molecule has 0 aromatic carbocycles. The molecule has 12 heavy (non-hydrogen) atoms. The summed E-state index contributed by atoms with van der Waals surface area (Å²) in [6, 6.07) is 1.69. The van der Waals surface area contributed by atoms with Crippen molar-refractivity contribution in [3.05, 3.63) is 24.3 Å². The molecule has 0 aliphatic rings. The molecule has 0 saturated carbocycles. The highest BCUT2D eigenvalue weighted by molar-refractivity contribution is 4.98. The highest BCUT2D eigenvalue weighted by atomic mass is 14.9. The summed E-state index contributed by atoms with van der Waals surface area (Å²) in [5, 5.41) is 0. The normalized spacial score (nSPS) is 14.3. The summed E-state index contributed by atoms with van der Waals surface area (Å²) in [4.78, 5) is 8.22. The van der Waals surface area contributed by atoms with Crippen molar-refractivity contribution in [3.63, 3.8) is 0 Å². The molecule has 0 radical (unpaired) electrons. The lowest BCUT2D eigenvalue weighted by atomic mass is 9.87. The minimum absolute atomic E-state index is 0.0152. The van der Waals surface area contributed by atoms with Crippen LogP contribution in [0.25, 0.3) is 0 Å². The van der Waals surface area contributed by atoms with E-state index in [2.05, 4.69) is 30.7 Å². The zero-order valence-corrected chi connectivity index (χ0v) is 7.78. The molecule has 0 fully saturated rings. The van der Waals surface area contributed by atoms with Crippen LogP contribution in [0.15, 0.2) is 18.5 Å². The second kappa shape index (κ2) is 3.19. The molecule has 1 heterocycles. The van der Waals surface area contributed by atoms with E-state index >= 15 is 0 Å². The van der Waals surface area contributed by atoms with E-state index in [-0.39, 0.29) is 11.5 Å². The van der Waals surface area contributed by atoms with Crippen LogP contribution < -0.4 is 5.73 Å². The van der Waals surface area contributed by atoms with Gasteiger partial charge in [-0.2, -0.15) is 0 Å². The van der Waals surface area contributed by atoms with Crippen molar-refractivity contribution in [2.75, 3.05) is 0 Å². The van der Waals surface area contributed by atoms with Crippen LogP contribution >= 0.6 is 0 Å². The van der Waals surface area contributed by atoms with Crippen LogP contribution in [0.1, 0.15) is 32.6 Å². The molecular weight excluding hydrogens is 150 g/mol. The van der Waals surface area contributed by atoms with E-state index in [0.717, 1.165) is 0 Å². The van der Waals surface area contributed by atoms with E-state index in [9.17, 15) is 0 Å². The largest absolute Gasteiger partial charge is 0.321 e. The van der Waals surface area contributed by atoms with Gasteiger partial charge in [0.2, 0.25) is 0 Å². The van der Waals surface area contributed by atoms with E-state index in [1.54, 1.807) is 18.5 Å². The lowest BCUT2D eigenvalue weighted by Gasteiger charge is -2.25. The van der Waals surface area contributed by atoms with Gasteiger partial charge in [0.1, 0.15) is 5.82 Å². The molecule has 0 spiro atoms. The van der Waals surface area contributed by atoms with Crippen LogP contribution in [-0.4, -0.2) is 9.97 Å². The zero-order valence-electron chi connectivity index (χ0n) is 7.78. The average Bonchev–Trinajstić information content (AvgIpc) is 2.03. The molecular formula is C9H15N3. The Bertz CT molecular complexity index is 238. The zero-order chi connectivity index (χ0) is 9.19. The highest BCUT2D eigenvalue weighted by Crippen LogP contribution is 2.27. The topological polar surface area (TPSA) is 51.8 Å². The molecule has 2 N–H and O–H groups in total. The average molecular weight is 165 g/mol. The van der Waals surface area contributed by atoms with Gasteiger partial charge >= 0.3 is 0 Å². The Kier molecular flexibility index (Phi) is 2.43. The van der Waals surface area contributed by atoms with E-state index in [4.69, 9.17) is 5.73 Å². The molecule has 3 nitrogen and oxygen atoms in total. The summed E-state index contributed by atoms with van der Waals surface area (Å²) in [6.07, 6.45) is 3.43. The third-order valence-electron chi connectivity index (χ3n) is 1.80. The SMILES string of the molecule is CC(C)(C)C(N)c1ncccn1. The van der Waals surface area contributed by atoms with Gasteiger partial charge in [-0.05, 0) is 11.5 Å². The maximum atomic E-state index is 5.95. The van der Waals surface area contributed by atoms with Gasteiger partial charge in [0.05, 0.1) is 6.04 Å². The Balaban J connectivity index is 2.86. The summed E-state index contributed by atoms with van der Waals surface area (Å²) in [5.41, 5.74) is 5.96. The lowest BCUT2D eigenvalue weighted by Crippen LogP contribution is -2.27. The Morgan fingerprint density at radius 2 is 1.75 bits per heavy atom. The van der Waals surface area contributed by atoms with Crippen molar-refractivity contribution in [3.8, 4) is 0 Å². The first kappa shape index (κ1) is 9.13. The van der Waals surface area contributed by atoms with Crippen molar-refractivity contribution in [1.82, 2.24) is 9.97 Å². The van der Waals surface area contributed by atoms with Crippen LogP contribution in [0.3, 0.4) is 0 Å². The first-order valence-electron chi connectivity index (χ1n) is 4.04. The molecule has 1 rings (SSSR count). The second-order valence-electron chi connectivity index (χ2n) is 3.95. The van der Waals surface area contributed by atoms with E-state index in [1.165, 1.54) is 0 Å². The van der Waals surface area contributed by atoms with E-state index in [1.807, 2.05) is 0 Å². The summed E-state index contributed by atoms with van der Waals surface area (Å²) in [5.74, 6) is 0.713. The van der Waals surface area contributed by atoms with Gasteiger partial charge in [-0.3, -0.25) is 0 Å². The number of hydrogen-bond acceptors (Lipinski definition) is 3. The monoisotopic (exact) mass is 165 g/mol. The third kappa shape index (κ3) is 2.01. The van der Waals surface area contributed by atoms with Crippen LogP contribution in [-0.2, 0) is 0 Å². The van der Waals surface area contributed by atoms with Crippen molar-refractivity contribution in [2.45, 2.75) is 26.8 Å². The van der Waals surface area contributed by atoms with Crippen LogP contribution in [0.5, 0.6) is 0 Å². The Morgan fingerprint density at radius 1 is 1.25 bits per heavy atom. The molecule has 1 aromatic rings. The quantitative estimate of drug-likeness (QED) is 0.686. The fourth-order valence-corrected chi connectivity index (χ4v) is 0.859. The van der Waals surface area contributed by atoms with Gasteiger partial charge < -0.3 is 5.73 Å². The van der Waals surface area contributed by atoms with Crippen LogP contribution in [0.4, 0.5) is 0 Å². The van der Waals surface area contributed by atoms with E-state index < -0.39 is 0 Å². The molecule has 1 unspecified atom stereocenters. The molecule has 1 aromatic heterocycles. The molecule has 1 atom stereocenters. The molecule has 0 aliphatic carbocycles. The molecule has 0 amide bonds. The fraction of sp³-hybridized carbons (Fsp3) is 0.556. The summed E-state index contributed by atoms with van der Waals surface area (Å²) >= 11 is 0. The maximum Gasteiger partial charge on any atom is 0.145 e. The molecule has 0 saturated heterocycles. The smallest absolute Gasteiger partial charge is 0.145 e. The van der Waals surface area contributed by atoms with Crippen molar-refractivity contribution >= 4 is 0 Å². The van der Waals surface area contributed by atoms with Crippen molar-refractivity contribution in [2.24, 2.45) is 11.1 Å². The number of rotatable bonds is 1. The second-order valence-corrected chi connectivity index (χ2v) is 3.95. The number of hydrogen-bond donors (Lipinski definition) is 1. The van der Waals surface area contributed by atoms with Gasteiger partial charge in [0.15, 0.2) is 0 Å². The Labute approximate surface area is 73.0 Å². The number of aromatic nitrogens is 2. The standard InChI is InChI=1S/C9H15N3/c1-9(2,3)7(10)8-11-5-4-6-12-8/h4-7H,10H2,1-3H3. The first-order valence-corrected chi connectivity index (χ1v) is 4.04. The van der Waals surface area contributed by atoms with Gasteiger partial charge in [0, 0.05) is 12.4 Å². The minimum atomic E-state index is -0.0984. The van der Waals surface area contributed by atoms with Crippen molar-refractivity contribution in [1.29, 1.82) is 0 Å². The Hall–Kier alpha value is -0.960. The van der Waals surface area contributed by atoms with Gasteiger partial charge in [-0.15, -0.1) is 0 Å². The lowest BCUT2D eigenvalue weighted by molar-refractivity contribution is 0.315. The van der Waals surface area contributed by atoms with Crippen LogP contribution in [0, 0.1) is 5.41 Å². The van der Waals surface area contributed by atoms with E-state index in [0.29, 0.717) is 5.82 Å². The van der Waals surface area contributed by atoms with Gasteiger partial charge in [-0.1, -0.05) is 20.8 Å². The van der Waals surface area contributed by atoms with Gasteiger partial charge in [-0.25, -0.2) is 9.97 Å². The van der Waals surface area contributed by atoms with Crippen LogP contribution in [0.2, 0.25) is 0 Å². The summed E-state index contributed by atoms with van der Waals surface area (Å²) in [7, 11) is 0. The highest BCUT2D eigenvalue weighted by Gasteiger charge is 2.23. The maximum absolute atomic E-state index is 5.95. The third-order valence-corrected chi connectivity index (χ3v) is 1.80. The fourth-order valence-electron chi connectivity index (χ4n) is 0.859. The van der Waals surface area contributed by atoms with Crippen molar-refractivity contribution < 1.29 is 0 Å². The Morgan fingerprint density at radius 3 is 2.17 bits per heavy atom. The minimum Gasteiger partial charge on any atom is -0.321 e. The molecule has 0 bridgehead atoms. The predicted octanol–water partition coefficient (Wildman–Crippen LogP) is 1.52. The molecule has 0 aliphatic heterocycles. The first-order chi connectivity index (χ1) is 5.52. The molecule has 66 valence electrons. The van der Waals surface area contributed by atoms with Gasteiger partial charge in [0.25, 0.3) is 0 Å². The summed E-state index contributed by atoms with van der Waals surface area (Å²) < 4.78 is 0. The molecule has 3 heteroatoms. The number of nitrogens with two attached hydrogens (primary N) is 1.